The lowest BCUT2D eigenvalue weighted by Crippen LogP contribution is -2.54. The molecule has 2 aliphatic rings. The summed E-state index contributed by atoms with van der Waals surface area (Å²) in [5, 5.41) is 9.02. The number of rotatable bonds is 3. The maximum absolute atomic E-state index is 9.02. The van der Waals surface area contributed by atoms with E-state index in [2.05, 4.69) is 16.7 Å². The van der Waals surface area contributed by atoms with Gasteiger partial charge >= 0.3 is 0 Å². The van der Waals surface area contributed by atoms with E-state index >= 15 is 0 Å². The quantitative estimate of drug-likeness (QED) is 0.881. The number of furan rings is 1. The summed E-state index contributed by atoms with van der Waals surface area (Å²) in [7, 11) is 0. The summed E-state index contributed by atoms with van der Waals surface area (Å²) in [5.74, 6) is 1.63. The summed E-state index contributed by atoms with van der Waals surface area (Å²) in [6, 6.07) is 5.18. The molecular formula is C14H22N2O2. The smallest absolute Gasteiger partial charge is 0.129 e. The molecular weight excluding hydrogens is 228 g/mol. The molecule has 3 rings (SSSR count). The Morgan fingerprint density at radius 1 is 1.33 bits per heavy atom. The number of hydrogen-bond donors (Lipinski definition) is 1. The van der Waals surface area contributed by atoms with Crippen molar-refractivity contribution in [2.75, 3.05) is 19.6 Å². The van der Waals surface area contributed by atoms with Crippen molar-refractivity contribution in [3.63, 3.8) is 0 Å². The first-order chi connectivity index (χ1) is 8.76. The molecule has 2 fully saturated rings. The van der Waals surface area contributed by atoms with E-state index in [0.29, 0.717) is 11.8 Å². The molecule has 0 amide bonds. The topological polar surface area (TPSA) is 39.9 Å². The van der Waals surface area contributed by atoms with Crippen molar-refractivity contribution in [1.29, 1.82) is 0 Å². The predicted molar refractivity (Wildman–Crippen MR) is 69.1 cm³/mol. The third-order valence-electron chi connectivity index (χ3n) is 4.30. The van der Waals surface area contributed by atoms with Crippen LogP contribution in [0.2, 0.25) is 0 Å². The molecule has 4 nitrogen and oxygen atoms in total. The summed E-state index contributed by atoms with van der Waals surface area (Å²) in [6.07, 6.45) is 2.68. The van der Waals surface area contributed by atoms with Gasteiger partial charge in [0.15, 0.2) is 0 Å². The van der Waals surface area contributed by atoms with E-state index in [1.54, 1.807) is 0 Å². The average Bonchev–Trinajstić information content (AvgIpc) is 2.98. The third kappa shape index (κ3) is 2.32. The first-order valence-corrected chi connectivity index (χ1v) is 6.93. The standard InChI is InChI=1S/C14H22N2O2/c1-11-7-15-6-2-3-12(15)8-16(11)9-13-4-5-14(10-17)18-13/h4-5,11-12,17H,2-3,6-10H2,1H3. The van der Waals surface area contributed by atoms with Crippen molar-refractivity contribution in [2.24, 2.45) is 0 Å². The molecule has 100 valence electrons. The number of fused-ring (bicyclic) bond motifs is 1. The van der Waals surface area contributed by atoms with Gasteiger partial charge in [-0.1, -0.05) is 0 Å². The van der Waals surface area contributed by atoms with Crippen LogP contribution in [0, 0.1) is 0 Å². The lowest BCUT2D eigenvalue weighted by Gasteiger charge is -2.41. The fourth-order valence-electron chi connectivity index (χ4n) is 3.26. The molecule has 0 radical (unpaired) electrons. The fourth-order valence-corrected chi connectivity index (χ4v) is 3.26. The van der Waals surface area contributed by atoms with Crippen LogP contribution in [0.25, 0.3) is 0 Å². The number of piperazine rings is 1. The van der Waals surface area contributed by atoms with Gasteiger partial charge in [-0.2, -0.15) is 0 Å². The number of nitrogens with zero attached hydrogens (tertiary/aromatic N) is 2. The minimum absolute atomic E-state index is 0.00798. The zero-order valence-corrected chi connectivity index (χ0v) is 11.0. The second kappa shape index (κ2) is 5.03. The van der Waals surface area contributed by atoms with Crippen molar-refractivity contribution in [2.45, 2.75) is 45.0 Å². The largest absolute Gasteiger partial charge is 0.462 e. The molecule has 0 aliphatic carbocycles. The molecule has 0 spiro atoms. The van der Waals surface area contributed by atoms with Crippen molar-refractivity contribution in [3.8, 4) is 0 Å². The van der Waals surface area contributed by atoms with Crippen molar-refractivity contribution >= 4 is 0 Å². The number of hydrogen-bond acceptors (Lipinski definition) is 4. The number of aliphatic hydroxyl groups excluding tert-OH is 1. The lowest BCUT2D eigenvalue weighted by atomic mass is 10.1. The Balaban J connectivity index is 1.64. The Hall–Kier alpha value is -0.840. The van der Waals surface area contributed by atoms with E-state index in [4.69, 9.17) is 9.52 Å². The van der Waals surface area contributed by atoms with Crippen LogP contribution in [0.1, 0.15) is 31.3 Å². The predicted octanol–water partition coefficient (Wildman–Crippen LogP) is 1.44. The first kappa shape index (κ1) is 12.2. The molecule has 1 aromatic rings. The zero-order valence-electron chi connectivity index (χ0n) is 11.0. The highest BCUT2D eigenvalue weighted by molar-refractivity contribution is 5.07. The van der Waals surface area contributed by atoms with E-state index in [0.717, 1.165) is 24.9 Å². The first-order valence-electron chi connectivity index (χ1n) is 6.93. The second-order valence-corrected chi connectivity index (χ2v) is 5.60. The molecule has 1 aromatic heterocycles. The fraction of sp³-hybridized carbons (Fsp3) is 0.714. The normalized spacial score (nSPS) is 29.7. The summed E-state index contributed by atoms with van der Waals surface area (Å²) < 4.78 is 5.59. The highest BCUT2D eigenvalue weighted by Crippen LogP contribution is 2.25. The van der Waals surface area contributed by atoms with E-state index in [1.807, 2.05) is 12.1 Å². The molecule has 2 atom stereocenters. The maximum Gasteiger partial charge on any atom is 0.129 e. The molecule has 0 saturated carbocycles. The second-order valence-electron chi connectivity index (χ2n) is 5.60. The van der Waals surface area contributed by atoms with Gasteiger partial charge < -0.3 is 9.52 Å². The Bertz CT molecular complexity index is 404. The SMILES string of the molecule is CC1CN2CCCC2CN1Cc1ccc(CO)o1. The summed E-state index contributed by atoms with van der Waals surface area (Å²) >= 11 is 0. The van der Waals surface area contributed by atoms with Crippen LogP contribution in [0.5, 0.6) is 0 Å². The molecule has 1 N–H and O–H groups in total. The van der Waals surface area contributed by atoms with Gasteiger partial charge in [0.1, 0.15) is 18.1 Å². The maximum atomic E-state index is 9.02. The van der Waals surface area contributed by atoms with Gasteiger partial charge in [-0.15, -0.1) is 0 Å². The summed E-state index contributed by atoms with van der Waals surface area (Å²) in [5.41, 5.74) is 0. The molecule has 3 heterocycles. The van der Waals surface area contributed by atoms with Gasteiger partial charge in [0.05, 0.1) is 6.54 Å². The average molecular weight is 250 g/mol. The molecule has 2 saturated heterocycles. The number of aliphatic hydroxyl groups is 1. The highest BCUT2D eigenvalue weighted by atomic mass is 16.4. The van der Waals surface area contributed by atoms with Gasteiger partial charge in [-0.05, 0) is 38.4 Å². The van der Waals surface area contributed by atoms with E-state index < -0.39 is 0 Å². The van der Waals surface area contributed by atoms with Crippen LogP contribution >= 0.6 is 0 Å². The van der Waals surface area contributed by atoms with Gasteiger partial charge in [0, 0.05) is 25.2 Å². The van der Waals surface area contributed by atoms with Crippen LogP contribution in [-0.2, 0) is 13.2 Å². The Morgan fingerprint density at radius 2 is 2.17 bits per heavy atom. The van der Waals surface area contributed by atoms with Crippen LogP contribution in [0.4, 0.5) is 0 Å². The molecule has 2 aliphatic heterocycles. The monoisotopic (exact) mass is 250 g/mol. The Morgan fingerprint density at radius 3 is 2.94 bits per heavy atom. The lowest BCUT2D eigenvalue weighted by molar-refractivity contribution is 0.0488. The van der Waals surface area contributed by atoms with Gasteiger partial charge in [-0.25, -0.2) is 0 Å². The van der Waals surface area contributed by atoms with Gasteiger partial charge in [-0.3, -0.25) is 9.80 Å². The molecule has 4 heteroatoms. The highest BCUT2D eigenvalue weighted by Gasteiger charge is 2.34. The minimum Gasteiger partial charge on any atom is -0.462 e. The zero-order chi connectivity index (χ0) is 12.5. The van der Waals surface area contributed by atoms with Gasteiger partial charge in [0.25, 0.3) is 0 Å². The van der Waals surface area contributed by atoms with Crippen LogP contribution in [0.15, 0.2) is 16.5 Å². The van der Waals surface area contributed by atoms with Crippen LogP contribution in [0.3, 0.4) is 0 Å². The van der Waals surface area contributed by atoms with E-state index in [1.165, 1.54) is 25.9 Å². The molecule has 0 bridgehead atoms. The van der Waals surface area contributed by atoms with Crippen LogP contribution in [-0.4, -0.2) is 46.6 Å². The van der Waals surface area contributed by atoms with Gasteiger partial charge in [0.2, 0.25) is 0 Å². The Kier molecular flexibility index (Phi) is 3.41. The Labute approximate surface area is 108 Å². The summed E-state index contributed by atoms with van der Waals surface area (Å²) in [6.45, 7) is 6.76. The van der Waals surface area contributed by atoms with Crippen LogP contribution < -0.4 is 0 Å². The molecule has 2 unspecified atom stereocenters. The van der Waals surface area contributed by atoms with Crippen molar-refractivity contribution in [3.05, 3.63) is 23.7 Å². The third-order valence-corrected chi connectivity index (χ3v) is 4.30. The van der Waals surface area contributed by atoms with E-state index in [-0.39, 0.29) is 6.61 Å². The minimum atomic E-state index is -0.00798. The van der Waals surface area contributed by atoms with Crippen molar-refractivity contribution < 1.29 is 9.52 Å². The van der Waals surface area contributed by atoms with E-state index in [9.17, 15) is 0 Å². The molecule has 18 heavy (non-hydrogen) atoms. The van der Waals surface area contributed by atoms with Crippen molar-refractivity contribution in [1.82, 2.24) is 9.80 Å². The summed E-state index contributed by atoms with van der Waals surface area (Å²) in [4.78, 5) is 5.13. The molecule has 0 aromatic carbocycles.